The predicted octanol–water partition coefficient (Wildman–Crippen LogP) is 3.95. The van der Waals surface area contributed by atoms with E-state index in [1.165, 1.54) is 25.7 Å². The Kier molecular flexibility index (Phi) is 5.03. The van der Waals surface area contributed by atoms with Crippen LogP contribution in [-0.2, 0) is 6.54 Å². The molecule has 112 valence electrons. The van der Waals surface area contributed by atoms with Crippen molar-refractivity contribution in [2.45, 2.75) is 46.1 Å². The predicted molar refractivity (Wildman–Crippen MR) is 83.6 cm³/mol. The van der Waals surface area contributed by atoms with Gasteiger partial charge in [-0.3, -0.25) is 0 Å². The molecule has 0 amide bonds. The molecule has 3 heteroatoms. The highest BCUT2D eigenvalue weighted by Crippen LogP contribution is 2.39. The molecular formula is C17H27FN2. The van der Waals surface area contributed by atoms with Crippen LogP contribution in [0.2, 0.25) is 0 Å². The van der Waals surface area contributed by atoms with Crippen molar-refractivity contribution >= 4 is 5.69 Å². The van der Waals surface area contributed by atoms with Gasteiger partial charge in [-0.25, -0.2) is 4.39 Å². The number of benzene rings is 1. The highest BCUT2D eigenvalue weighted by Gasteiger charge is 2.31. The normalized spacial score (nSPS) is 18.3. The van der Waals surface area contributed by atoms with E-state index in [0.29, 0.717) is 12.0 Å². The molecule has 20 heavy (non-hydrogen) atoms. The molecule has 0 saturated carbocycles. The minimum Gasteiger partial charge on any atom is -0.371 e. The van der Waals surface area contributed by atoms with Gasteiger partial charge in [0.05, 0.1) is 0 Å². The summed E-state index contributed by atoms with van der Waals surface area (Å²) in [5.41, 5.74) is 2.38. The zero-order valence-corrected chi connectivity index (χ0v) is 13.0. The molecule has 0 atom stereocenters. The van der Waals surface area contributed by atoms with Gasteiger partial charge in [-0.1, -0.05) is 32.8 Å². The summed E-state index contributed by atoms with van der Waals surface area (Å²) in [5, 5.41) is 3.08. The van der Waals surface area contributed by atoms with Crippen LogP contribution in [-0.4, -0.2) is 20.1 Å². The third-order valence-electron chi connectivity index (χ3n) is 5.11. The molecule has 0 bridgehead atoms. The lowest BCUT2D eigenvalue weighted by Gasteiger charge is -2.42. The molecule has 1 aliphatic heterocycles. The molecule has 0 aliphatic carbocycles. The average molecular weight is 278 g/mol. The molecule has 0 aromatic heterocycles. The van der Waals surface area contributed by atoms with Crippen molar-refractivity contribution in [3.05, 3.63) is 29.6 Å². The van der Waals surface area contributed by atoms with Crippen molar-refractivity contribution in [2.24, 2.45) is 5.41 Å². The smallest absolute Gasteiger partial charge is 0.129 e. The summed E-state index contributed by atoms with van der Waals surface area (Å²) in [5.74, 6) is -0.0975. The molecule has 0 radical (unpaired) electrons. The van der Waals surface area contributed by atoms with Gasteiger partial charge in [-0.2, -0.15) is 0 Å². The van der Waals surface area contributed by atoms with Gasteiger partial charge < -0.3 is 10.2 Å². The lowest BCUT2D eigenvalue weighted by atomic mass is 9.74. The molecule has 0 spiro atoms. The lowest BCUT2D eigenvalue weighted by Crippen LogP contribution is -2.40. The Hall–Kier alpha value is -1.09. The number of hydrogen-bond acceptors (Lipinski definition) is 2. The molecule has 1 aromatic rings. The van der Waals surface area contributed by atoms with E-state index in [1.54, 1.807) is 6.07 Å². The lowest BCUT2D eigenvalue weighted by molar-refractivity contribution is 0.199. The number of halogens is 1. The van der Waals surface area contributed by atoms with Crippen molar-refractivity contribution in [3.63, 3.8) is 0 Å². The van der Waals surface area contributed by atoms with Crippen LogP contribution in [0, 0.1) is 11.2 Å². The van der Waals surface area contributed by atoms with Gasteiger partial charge in [0.15, 0.2) is 0 Å². The Bertz CT molecular complexity index is 431. The van der Waals surface area contributed by atoms with Crippen molar-refractivity contribution in [1.29, 1.82) is 0 Å². The summed E-state index contributed by atoms with van der Waals surface area (Å²) < 4.78 is 14.0. The fraction of sp³-hybridized carbons (Fsp3) is 0.647. The van der Waals surface area contributed by atoms with E-state index in [2.05, 4.69) is 30.1 Å². The van der Waals surface area contributed by atoms with Crippen LogP contribution < -0.4 is 10.2 Å². The van der Waals surface area contributed by atoms with Gasteiger partial charge in [-0.05, 0) is 37.4 Å². The van der Waals surface area contributed by atoms with E-state index >= 15 is 0 Å². The van der Waals surface area contributed by atoms with E-state index in [1.807, 2.05) is 13.1 Å². The standard InChI is InChI=1S/C17H27FN2/c1-4-17(5-2)9-11-20(12-10-17)16-8-6-7-15(18)14(16)13-19-3/h6-8,19H,4-5,9-13H2,1-3H3. The highest BCUT2D eigenvalue weighted by molar-refractivity contribution is 5.54. The third-order valence-corrected chi connectivity index (χ3v) is 5.11. The zero-order valence-electron chi connectivity index (χ0n) is 13.0. The largest absolute Gasteiger partial charge is 0.371 e. The fourth-order valence-electron chi connectivity index (χ4n) is 3.37. The monoisotopic (exact) mass is 278 g/mol. The molecule has 1 fully saturated rings. The minimum atomic E-state index is -0.0975. The molecule has 0 unspecified atom stereocenters. The fourth-order valence-corrected chi connectivity index (χ4v) is 3.37. The summed E-state index contributed by atoms with van der Waals surface area (Å²) in [6, 6.07) is 5.44. The maximum Gasteiger partial charge on any atom is 0.129 e. The van der Waals surface area contributed by atoms with Crippen molar-refractivity contribution in [1.82, 2.24) is 5.32 Å². The van der Waals surface area contributed by atoms with E-state index in [-0.39, 0.29) is 5.82 Å². The van der Waals surface area contributed by atoms with Crippen molar-refractivity contribution in [3.8, 4) is 0 Å². The van der Waals surface area contributed by atoms with Crippen LogP contribution >= 0.6 is 0 Å². The minimum absolute atomic E-state index is 0.0975. The van der Waals surface area contributed by atoms with Crippen LogP contribution in [0.4, 0.5) is 10.1 Å². The van der Waals surface area contributed by atoms with Crippen LogP contribution in [0.3, 0.4) is 0 Å². The summed E-state index contributed by atoms with van der Waals surface area (Å²) in [6.45, 7) is 7.27. The third kappa shape index (κ3) is 2.98. The van der Waals surface area contributed by atoms with E-state index in [9.17, 15) is 4.39 Å². The number of nitrogens with zero attached hydrogens (tertiary/aromatic N) is 1. The number of anilines is 1. The van der Waals surface area contributed by atoms with Crippen LogP contribution in [0.15, 0.2) is 18.2 Å². The number of rotatable bonds is 5. The van der Waals surface area contributed by atoms with Crippen molar-refractivity contribution < 1.29 is 4.39 Å². The molecule has 1 aliphatic rings. The summed E-state index contributed by atoms with van der Waals surface area (Å²) in [6.07, 6.45) is 4.94. The maximum absolute atomic E-state index is 14.0. The van der Waals surface area contributed by atoms with Crippen molar-refractivity contribution in [2.75, 3.05) is 25.0 Å². The second kappa shape index (κ2) is 6.57. The van der Waals surface area contributed by atoms with E-state index in [0.717, 1.165) is 24.3 Å². The average Bonchev–Trinajstić information content (AvgIpc) is 2.50. The topological polar surface area (TPSA) is 15.3 Å². The Balaban J connectivity index is 2.16. The molecule has 1 N–H and O–H groups in total. The van der Waals surface area contributed by atoms with Gasteiger partial charge in [0.2, 0.25) is 0 Å². The van der Waals surface area contributed by atoms with Crippen LogP contribution in [0.25, 0.3) is 0 Å². The Morgan fingerprint density at radius 1 is 1.20 bits per heavy atom. The van der Waals surface area contributed by atoms with Gasteiger partial charge >= 0.3 is 0 Å². The SMILES string of the molecule is CCC1(CC)CCN(c2cccc(F)c2CNC)CC1. The molecule has 1 saturated heterocycles. The molecule has 1 aromatic carbocycles. The van der Waals surface area contributed by atoms with E-state index < -0.39 is 0 Å². The molecule has 1 heterocycles. The second-order valence-corrected chi connectivity index (χ2v) is 5.96. The maximum atomic E-state index is 14.0. The first kappa shape index (κ1) is 15.3. The van der Waals surface area contributed by atoms with Crippen LogP contribution in [0.5, 0.6) is 0 Å². The first-order valence-corrected chi connectivity index (χ1v) is 7.82. The van der Waals surface area contributed by atoms with Gasteiger partial charge in [-0.15, -0.1) is 0 Å². The molecular weight excluding hydrogens is 251 g/mol. The Morgan fingerprint density at radius 2 is 1.85 bits per heavy atom. The highest BCUT2D eigenvalue weighted by atomic mass is 19.1. The Labute approximate surface area is 122 Å². The number of nitrogens with one attached hydrogen (secondary N) is 1. The zero-order chi connectivity index (χ0) is 14.6. The molecule has 2 rings (SSSR count). The summed E-state index contributed by atoms with van der Waals surface area (Å²) >= 11 is 0. The Morgan fingerprint density at radius 3 is 2.40 bits per heavy atom. The van der Waals surface area contributed by atoms with Gasteiger partial charge in [0.25, 0.3) is 0 Å². The second-order valence-electron chi connectivity index (χ2n) is 5.96. The summed E-state index contributed by atoms with van der Waals surface area (Å²) in [4.78, 5) is 2.36. The van der Waals surface area contributed by atoms with Crippen LogP contribution in [0.1, 0.15) is 45.1 Å². The number of piperidine rings is 1. The number of hydrogen-bond donors (Lipinski definition) is 1. The quantitative estimate of drug-likeness (QED) is 0.877. The van der Waals surface area contributed by atoms with E-state index in [4.69, 9.17) is 0 Å². The molecule has 2 nitrogen and oxygen atoms in total. The first-order chi connectivity index (χ1) is 9.65. The van der Waals surface area contributed by atoms with Gasteiger partial charge in [0, 0.05) is 30.9 Å². The van der Waals surface area contributed by atoms with Gasteiger partial charge in [0.1, 0.15) is 5.82 Å². The first-order valence-electron chi connectivity index (χ1n) is 7.82. The summed E-state index contributed by atoms with van der Waals surface area (Å²) in [7, 11) is 1.87.